The first kappa shape index (κ1) is 9.95. The average molecular weight is 211 g/mol. The Morgan fingerprint density at radius 3 is 2.80 bits per heavy atom. The Kier molecular flexibility index (Phi) is 1.95. The van der Waals surface area contributed by atoms with E-state index >= 15 is 0 Å². The van der Waals surface area contributed by atoms with Crippen LogP contribution in [-0.4, -0.2) is 33.4 Å². The third kappa shape index (κ3) is 1.14. The molecule has 82 valence electrons. The number of rotatable bonds is 1. The van der Waals surface area contributed by atoms with Crippen LogP contribution in [0.5, 0.6) is 0 Å². The van der Waals surface area contributed by atoms with Gasteiger partial charge in [-0.2, -0.15) is 10.1 Å². The van der Waals surface area contributed by atoms with E-state index in [1.807, 2.05) is 6.92 Å². The average Bonchev–Trinajstić information content (AvgIpc) is 2.09. The molecule has 1 aliphatic heterocycles. The van der Waals surface area contributed by atoms with E-state index in [0.29, 0.717) is 24.5 Å². The van der Waals surface area contributed by atoms with Gasteiger partial charge in [-0.1, -0.05) is 6.92 Å². The fourth-order valence-corrected chi connectivity index (χ4v) is 2.27. The molecule has 0 radical (unpaired) electrons. The van der Waals surface area contributed by atoms with E-state index in [4.69, 9.17) is 5.73 Å². The number of nitrogens with two attached hydrogens (primary N) is 1. The summed E-state index contributed by atoms with van der Waals surface area (Å²) in [7, 11) is 0. The fourth-order valence-electron chi connectivity index (χ4n) is 2.27. The molecular weight excluding hydrogens is 198 g/mol. The van der Waals surface area contributed by atoms with Gasteiger partial charge >= 0.3 is 12.0 Å². The van der Waals surface area contributed by atoms with Gasteiger partial charge in [-0.3, -0.25) is 0 Å². The zero-order chi connectivity index (χ0) is 11.2. The molecule has 0 aromatic heterocycles. The standard InChI is InChI=1S/C9H13N3O3/c1-5-2-3-9(7(13)14)6(4-5)11-12(9)8(10)15/h5H,2-4H2,1H3,(H2,10,15)(H,13,14). The summed E-state index contributed by atoms with van der Waals surface area (Å²) in [5, 5.41) is 14.0. The molecule has 15 heavy (non-hydrogen) atoms. The lowest BCUT2D eigenvalue weighted by atomic mass is 9.73. The molecule has 0 bridgehead atoms. The van der Waals surface area contributed by atoms with Gasteiger partial charge in [-0.05, 0) is 25.2 Å². The number of primary amides is 1. The smallest absolute Gasteiger partial charge is 0.337 e. The minimum atomic E-state index is -1.24. The molecule has 1 aliphatic carbocycles. The number of amides is 2. The molecule has 0 aromatic carbocycles. The van der Waals surface area contributed by atoms with E-state index < -0.39 is 17.5 Å². The van der Waals surface area contributed by atoms with E-state index in [1.165, 1.54) is 0 Å². The predicted molar refractivity (Wildman–Crippen MR) is 52.2 cm³/mol. The Morgan fingerprint density at radius 2 is 2.33 bits per heavy atom. The van der Waals surface area contributed by atoms with Crippen molar-refractivity contribution < 1.29 is 14.7 Å². The lowest BCUT2D eigenvalue weighted by Crippen LogP contribution is -2.69. The van der Waals surface area contributed by atoms with Crippen molar-refractivity contribution in [2.24, 2.45) is 16.8 Å². The first-order chi connectivity index (χ1) is 6.98. The normalized spacial score (nSPS) is 33.8. The molecule has 2 atom stereocenters. The Balaban J connectivity index is 2.35. The summed E-state index contributed by atoms with van der Waals surface area (Å²) in [6.07, 6.45) is 1.82. The van der Waals surface area contributed by atoms with Crippen molar-refractivity contribution in [1.29, 1.82) is 0 Å². The van der Waals surface area contributed by atoms with Gasteiger partial charge in [0.05, 0.1) is 5.71 Å². The highest BCUT2D eigenvalue weighted by molar-refractivity contribution is 6.16. The number of carbonyl (C=O) groups excluding carboxylic acids is 1. The maximum absolute atomic E-state index is 11.2. The largest absolute Gasteiger partial charge is 0.479 e. The second-order valence-corrected chi connectivity index (χ2v) is 4.21. The number of nitrogens with zero attached hydrogens (tertiary/aromatic N) is 2. The molecule has 0 aromatic rings. The number of hydrogen-bond acceptors (Lipinski definition) is 3. The van der Waals surface area contributed by atoms with E-state index in [1.54, 1.807) is 0 Å². The van der Waals surface area contributed by atoms with Gasteiger partial charge in [0, 0.05) is 0 Å². The van der Waals surface area contributed by atoms with Crippen molar-refractivity contribution in [3.8, 4) is 0 Å². The zero-order valence-electron chi connectivity index (χ0n) is 8.43. The number of hydrazone groups is 1. The van der Waals surface area contributed by atoms with Crippen LogP contribution in [0.4, 0.5) is 4.79 Å². The summed E-state index contributed by atoms with van der Waals surface area (Å²) in [6.45, 7) is 2.04. The van der Waals surface area contributed by atoms with Crippen LogP contribution in [0.15, 0.2) is 5.10 Å². The lowest BCUT2D eigenvalue weighted by Gasteiger charge is -2.48. The molecule has 2 unspecified atom stereocenters. The number of carboxylic acid groups (broad SMARTS) is 1. The first-order valence-corrected chi connectivity index (χ1v) is 4.89. The Bertz CT molecular complexity index is 366. The third-order valence-corrected chi connectivity index (χ3v) is 3.16. The van der Waals surface area contributed by atoms with Gasteiger partial charge in [-0.25, -0.2) is 9.59 Å². The second-order valence-electron chi connectivity index (χ2n) is 4.21. The Morgan fingerprint density at radius 1 is 1.67 bits per heavy atom. The van der Waals surface area contributed by atoms with E-state index in [-0.39, 0.29) is 0 Å². The minimum Gasteiger partial charge on any atom is -0.479 e. The van der Waals surface area contributed by atoms with E-state index in [9.17, 15) is 14.7 Å². The number of carbonyl (C=O) groups is 2. The highest BCUT2D eigenvalue weighted by atomic mass is 16.4. The fraction of sp³-hybridized carbons (Fsp3) is 0.667. The quantitative estimate of drug-likeness (QED) is 0.656. The van der Waals surface area contributed by atoms with Crippen LogP contribution in [0.2, 0.25) is 0 Å². The molecule has 0 saturated heterocycles. The molecule has 1 saturated carbocycles. The van der Waals surface area contributed by atoms with Crippen LogP contribution in [0.25, 0.3) is 0 Å². The molecule has 2 amide bonds. The molecule has 2 aliphatic rings. The SMILES string of the molecule is CC1CCC2(C(=O)O)C(=NN2C(N)=O)C1. The van der Waals surface area contributed by atoms with Crippen LogP contribution >= 0.6 is 0 Å². The topological polar surface area (TPSA) is 96.0 Å². The highest BCUT2D eigenvalue weighted by Gasteiger charge is 2.59. The van der Waals surface area contributed by atoms with Gasteiger partial charge < -0.3 is 10.8 Å². The number of fused-ring (bicyclic) bond motifs is 1. The highest BCUT2D eigenvalue weighted by Crippen LogP contribution is 2.41. The van der Waals surface area contributed by atoms with E-state index in [0.717, 1.165) is 11.4 Å². The monoisotopic (exact) mass is 211 g/mol. The number of urea groups is 1. The molecule has 2 rings (SSSR count). The summed E-state index contributed by atoms with van der Waals surface area (Å²) in [5.74, 6) is -0.607. The van der Waals surface area contributed by atoms with Gasteiger partial charge in [0.1, 0.15) is 0 Å². The van der Waals surface area contributed by atoms with Gasteiger partial charge in [0.25, 0.3) is 0 Å². The van der Waals surface area contributed by atoms with Crippen LogP contribution in [0, 0.1) is 5.92 Å². The van der Waals surface area contributed by atoms with Gasteiger partial charge in [0.2, 0.25) is 5.54 Å². The number of aliphatic carboxylic acids is 1. The summed E-state index contributed by atoms with van der Waals surface area (Å²) in [6, 6.07) is -0.796. The summed E-state index contributed by atoms with van der Waals surface area (Å²) < 4.78 is 0. The molecule has 1 heterocycles. The van der Waals surface area contributed by atoms with Crippen LogP contribution < -0.4 is 5.73 Å². The van der Waals surface area contributed by atoms with Gasteiger partial charge in [-0.15, -0.1) is 0 Å². The minimum absolute atomic E-state index is 0.408. The number of hydrogen-bond donors (Lipinski definition) is 2. The summed E-state index contributed by atoms with van der Waals surface area (Å²) >= 11 is 0. The summed E-state index contributed by atoms with van der Waals surface area (Å²) in [5.41, 5.74) is 4.42. The lowest BCUT2D eigenvalue weighted by molar-refractivity contribution is -0.148. The van der Waals surface area contributed by atoms with Gasteiger partial charge in [0.15, 0.2) is 0 Å². The number of carboxylic acids is 1. The molecule has 6 nitrogen and oxygen atoms in total. The van der Waals surface area contributed by atoms with Crippen LogP contribution in [0.3, 0.4) is 0 Å². The van der Waals surface area contributed by atoms with E-state index in [2.05, 4.69) is 5.10 Å². The maximum Gasteiger partial charge on any atom is 0.337 e. The third-order valence-electron chi connectivity index (χ3n) is 3.16. The van der Waals surface area contributed by atoms with Crippen molar-refractivity contribution in [2.45, 2.75) is 31.7 Å². The molecular formula is C9H13N3O3. The zero-order valence-corrected chi connectivity index (χ0v) is 8.43. The Hall–Kier alpha value is -1.59. The Labute approximate surface area is 86.7 Å². The van der Waals surface area contributed by atoms with Crippen molar-refractivity contribution in [3.05, 3.63) is 0 Å². The van der Waals surface area contributed by atoms with Crippen molar-refractivity contribution in [2.75, 3.05) is 0 Å². The van der Waals surface area contributed by atoms with Crippen LogP contribution in [0.1, 0.15) is 26.2 Å². The molecule has 1 fully saturated rings. The van der Waals surface area contributed by atoms with Crippen molar-refractivity contribution in [3.63, 3.8) is 0 Å². The van der Waals surface area contributed by atoms with Crippen molar-refractivity contribution >= 4 is 17.7 Å². The van der Waals surface area contributed by atoms with Crippen molar-refractivity contribution in [1.82, 2.24) is 5.01 Å². The molecule has 6 heteroatoms. The molecule has 0 spiro atoms. The first-order valence-electron chi connectivity index (χ1n) is 4.89. The summed E-state index contributed by atoms with van der Waals surface area (Å²) in [4.78, 5) is 22.2. The second kappa shape index (κ2) is 2.95. The maximum atomic E-state index is 11.2. The predicted octanol–water partition coefficient (Wildman–Crippen LogP) is 0.380. The van der Waals surface area contributed by atoms with Crippen LogP contribution in [-0.2, 0) is 4.79 Å². The molecule has 3 N–H and O–H groups in total.